The number of nitrogens with zero attached hydrogens (tertiary/aromatic N) is 3. The van der Waals surface area contributed by atoms with Crippen molar-refractivity contribution in [1.82, 2.24) is 4.90 Å². The van der Waals surface area contributed by atoms with Crippen molar-refractivity contribution >= 4 is 27.7 Å². The minimum atomic E-state index is -5.00. The minimum absolute atomic E-state index is 0.0308. The number of carboxylic acid groups (broad SMARTS) is 1. The molecule has 2 aromatic carbocycles. The van der Waals surface area contributed by atoms with Crippen LogP contribution in [0.3, 0.4) is 0 Å². The van der Waals surface area contributed by atoms with Gasteiger partial charge in [-0.3, -0.25) is 9.80 Å². The smallest absolute Gasteiger partial charge is 0.416 e. The number of fused-ring (bicyclic) bond motifs is 1. The van der Waals surface area contributed by atoms with Crippen LogP contribution in [-0.2, 0) is 18.9 Å². The minimum Gasteiger partial charge on any atom is -0.465 e. The van der Waals surface area contributed by atoms with Gasteiger partial charge in [-0.1, -0.05) is 15.9 Å². The molecule has 1 aliphatic rings. The number of amides is 1. The van der Waals surface area contributed by atoms with E-state index in [-0.39, 0.29) is 24.6 Å². The van der Waals surface area contributed by atoms with E-state index in [1.165, 1.54) is 6.07 Å². The fourth-order valence-electron chi connectivity index (χ4n) is 3.80. The molecule has 176 valence electrons. The Labute approximate surface area is 192 Å². The van der Waals surface area contributed by atoms with Crippen LogP contribution in [0.15, 0.2) is 40.9 Å². The molecule has 2 aromatic rings. The van der Waals surface area contributed by atoms with Gasteiger partial charge in [-0.25, -0.2) is 4.79 Å². The maximum absolute atomic E-state index is 13.2. The Bertz CT molecular complexity index is 1060. The van der Waals surface area contributed by atoms with Crippen LogP contribution in [0.5, 0.6) is 0 Å². The Morgan fingerprint density at radius 3 is 2.24 bits per heavy atom. The van der Waals surface area contributed by atoms with Crippen LogP contribution in [0.1, 0.15) is 41.1 Å². The first-order chi connectivity index (χ1) is 15.3. The first kappa shape index (κ1) is 24.7. The number of halogens is 7. The zero-order valence-corrected chi connectivity index (χ0v) is 18.3. The molecule has 33 heavy (non-hydrogen) atoms. The lowest BCUT2D eigenvalue weighted by Gasteiger charge is -2.29. The second-order valence-corrected chi connectivity index (χ2v) is 8.35. The molecule has 5 nitrogen and oxygen atoms in total. The summed E-state index contributed by atoms with van der Waals surface area (Å²) < 4.78 is 79.8. The van der Waals surface area contributed by atoms with E-state index >= 15 is 0 Å². The number of nitriles is 1. The van der Waals surface area contributed by atoms with E-state index in [9.17, 15) is 41.5 Å². The highest BCUT2D eigenvalue weighted by molar-refractivity contribution is 9.10. The van der Waals surface area contributed by atoms with Crippen LogP contribution in [0.2, 0.25) is 0 Å². The summed E-state index contributed by atoms with van der Waals surface area (Å²) in [6.45, 7) is -0.394. The van der Waals surface area contributed by atoms with Crippen LogP contribution in [-0.4, -0.2) is 22.6 Å². The number of rotatable bonds is 3. The van der Waals surface area contributed by atoms with Crippen molar-refractivity contribution in [2.75, 3.05) is 11.4 Å². The van der Waals surface area contributed by atoms with Gasteiger partial charge in [0.05, 0.1) is 29.4 Å². The molecule has 3 rings (SSSR count). The summed E-state index contributed by atoms with van der Waals surface area (Å²) in [7, 11) is 0. The monoisotopic (exact) mass is 535 g/mol. The summed E-state index contributed by atoms with van der Waals surface area (Å²) in [4.78, 5) is 13.9. The summed E-state index contributed by atoms with van der Waals surface area (Å²) >= 11 is 3.28. The molecule has 1 amide bonds. The summed E-state index contributed by atoms with van der Waals surface area (Å²) in [6.07, 6.45) is -8.76. The number of alkyl halides is 6. The van der Waals surface area contributed by atoms with Crippen molar-refractivity contribution < 1.29 is 36.2 Å². The molecule has 1 atom stereocenters. The summed E-state index contributed by atoms with van der Waals surface area (Å²) in [5, 5.41) is 19.3. The quantitative estimate of drug-likeness (QED) is 0.267. The highest BCUT2D eigenvalue weighted by Gasteiger charge is 2.37. The SMILES string of the molecule is N#CN(Cc1cc(C(F)(F)F)cc(C(F)(F)F)c1)C1CCCN(C(=O)O)c2ccc(Br)cc21. The van der Waals surface area contributed by atoms with Gasteiger partial charge in [-0.15, -0.1) is 0 Å². The average Bonchev–Trinajstić information content (AvgIpc) is 2.90. The largest absolute Gasteiger partial charge is 0.465 e. The first-order valence-corrected chi connectivity index (χ1v) is 10.3. The summed E-state index contributed by atoms with van der Waals surface area (Å²) in [6, 6.07) is 5.19. The van der Waals surface area contributed by atoms with Gasteiger partial charge in [-0.05, 0) is 54.8 Å². The highest BCUT2D eigenvalue weighted by Crippen LogP contribution is 2.40. The standard InChI is InChI=1S/C21H16BrF6N3O2/c22-15-3-4-18-16(9-15)17(2-1-5-31(18)19(32)33)30(11-29)10-12-6-13(20(23,24)25)8-14(7-12)21(26,27)28/h3-4,6-9,17H,1-2,5,10H2,(H,32,33). The fourth-order valence-corrected chi connectivity index (χ4v) is 4.18. The maximum atomic E-state index is 13.2. The predicted octanol–water partition coefficient (Wildman–Crippen LogP) is 6.79. The number of carbonyl (C=O) groups is 1. The van der Waals surface area contributed by atoms with Crippen LogP contribution in [0, 0.1) is 11.5 Å². The van der Waals surface area contributed by atoms with E-state index in [0.717, 1.165) is 9.80 Å². The van der Waals surface area contributed by atoms with Crippen LogP contribution >= 0.6 is 15.9 Å². The van der Waals surface area contributed by atoms with Crippen molar-refractivity contribution in [3.05, 3.63) is 63.1 Å². The maximum Gasteiger partial charge on any atom is 0.416 e. The molecule has 1 unspecified atom stereocenters. The van der Waals surface area contributed by atoms with Crippen LogP contribution in [0.25, 0.3) is 0 Å². The van der Waals surface area contributed by atoms with E-state index in [0.29, 0.717) is 34.3 Å². The molecule has 1 N–H and O–H groups in total. The number of hydrogen-bond donors (Lipinski definition) is 1. The fraction of sp³-hybridized carbons (Fsp3) is 0.333. The number of anilines is 1. The third-order valence-corrected chi connectivity index (χ3v) is 5.73. The second kappa shape index (κ2) is 9.13. The Morgan fingerprint density at radius 1 is 1.12 bits per heavy atom. The van der Waals surface area contributed by atoms with E-state index in [4.69, 9.17) is 0 Å². The highest BCUT2D eigenvalue weighted by atomic mass is 79.9. The van der Waals surface area contributed by atoms with Crippen molar-refractivity contribution in [2.45, 2.75) is 37.8 Å². The van der Waals surface area contributed by atoms with Crippen molar-refractivity contribution in [3.8, 4) is 6.19 Å². The zero-order chi connectivity index (χ0) is 24.6. The third kappa shape index (κ3) is 5.52. The van der Waals surface area contributed by atoms with Crippen molar-refractivity contribution in [2.24, 2.45) is 0 Å². The molecule has 0 radical (unpaired) electrons. The topological polar surface area (TPSA) is 67.6 Å². The van der Waals surface area contributed by atoms with E-state index in [2.05, 4.69) is 15.9 Å². The Morgan fingerprint density at radius 2 is 1.73 bits per heavy atom. The predicted molar refractivity (Wildman–Crippen MR) is 109 cm³/mol. The molecule has 0 bridgehead atoms. The Kier molecular flexibility index (Phi) is 6.83. The lowest BCUT2D eigenvalue weighted by Crippen LogP contribution is -2.30. The molecule has 1 aliphatic heterocycles. The molecule has 0 fully saturated rings. The lowest BCUT2D eigenvalue weighted by atomic mass is 9.98. The van der Waals surface area contributed by atoms with Gasteiger partial charge in [0, 0.05) is 16.6 Å². The van der Waals surface area contributed by atoms with Gasteiger partial charge in [0.15, 0.2) is 6.19 Å². The van der Waals surface area contributed by atoms with Gasteiger partial charge >= 0.3 is 18.4 Å². The van der Waals surface area contributed by atoms with Crippen LogP contribution < -0.4 is 4.90 Å². The first-order valence-electron chi connectivity index (χ1n) is 9.56. The van der Waals surface area contributed by atoms with Gasteiger partial charge in [0.1, 0.15) is 0 Å². The van der Waals surface area contributed by atoms with Gasteiger partial charge in [-0.2, -0.15) is 31.6 Å². The lowest BCUT2D eigenvalue weighted by molar-refractivity contribution is -0.143. The third-order valence-electron chi connectivity index (χ3n) is 5.23. The molecule has 0 aromatic heterocycles. The van der Waals surface area contributed by atoms with Crippen molar-refractivity contribution in [3.63, 3.8) is 0 Å². The van der Waals surface area contributed by atoms with E-state index < -0.39 is 42.2 Å². The Hall–Kier alpha value is -2.94. The normalized spacial score (nSPS) is 16.5. The summed E-state index contributed by atoms with van der Waals surface area (Å²) in [5.41, 5.74) is -2.55. The molecule has 0 saturated carbocycles. The molecule has 0 spiro atoms. The summed E-state index contributed by atoms with van der Waals surface area (Å²) in [5.74, 6) is 0. The number of benzene rings is 2. The van der Waals surface area contributed by atoms with Gasteiger partial charge in [0.2, 0.25) is 0 Å². The zero-order valence-electron chi connectivity index (χ0n) is 16.7. The molecule has 0 saturated heterocycles. The average molecular weight is 536 g/mol. The van der Waals surface area contributed by atoms with Gasteiger partial charge < -0.3 is 5.11 Å². The van der Waals surface area contributed by atoms with E-state index in [1.54, 1.807) is 12.1 Å². The van der Waals surface area contributed by atoms with Gasteiger partial charge in [0.25, 0.3) is 0 Å². The molecule has 1 heterocycles. The van der Waals surface area contributed by atoms with Crippen LogP contribution in [0.4, 0.5) is 36.8 Å². The molecular weight excluding hydrogens is 520 g/mol. The number of hydrogen-bond acceptors (Lipinski definition) is 3. The van der Waals surface area contributed by atoms with Crippen molar-refractivity contribution in [1.29, 1.82) is 5.26 Å². The molecule has 0 aliphatic carbocycles. The molecule has 12 heteroatoms. The molecular formula is C21H16BrF6N3O2. The van der Waals surface area contributed by atoms with E-state index in [1.807, 2.05) is 6.19 Å². The second-order valence-electron chi connectivity index (χ2n) is 7.44. The Balaban J connectivity index is 2.05.